The monoisotopic (exact) mass is 297 g/mol. The Morgan fingerprint density at radius 1 is 1.55 bits per heavy atom. The predicted molar refractivity (Wildman–Crippen MR) is 77.8 cm³/mol. The van der Waals surface area contributed by atoms with E-state index in [1.165, 1.54) is 0 Å². The summed E-state index contributed by atoms with van der Waals surface area (Å²) in [6.45, 7) is 7.65. The van der Waals surface area contributed by atoms with Crippen LogP contribution in [0.2, 0.25) is 5.15 Å². The molecule has 110 valence electrons. The number of amides is 1. The summed E-state index contributed by atoms with van der Waals surface area (Å²) in [5.41, 5.74) is 0.464. The number of nitrogens with zero attached hydrogens (tertiary/aromatic N) is 2. The average Bonchev–Trinajstić information content (AvgIpc) is 2.37. The van der Waals surface area contributed by atoms with Crippen molar-refractivity contribution in [3.8, 4) is 0 Å². The number of nitrogens with one attached hydrogen (secondary N) is 1. The van der Waals surface area contributed by atoms with Crippen LogP contribution in [-0.4, -0.2) is 41.2 Å². The largest absolute Gasteiger partial charge is 0.444 e. The lowest BCUT2D eigenvalue weighted by Gasteiger charge is -2.37. The van der Waals surface area contributed by atoms with Crippen molar-refractivity contribution in [1.82, 2.24) is 15.2 Å². The first-order valence-electron chi connectivity index (χ1n) is 6.68. The fourth-order valence-electron chi connectivity index (χ4n) is 2.17. The number of piperazine rings is 1. The maximum absolute atomic E-state index is 12.3. The average molecular weight is 298 g/mol. The highest BCUT2D eigenvalue weighted by molar-refractivity contribution is 6.29. The van der Waals surface area contributed by atoms with Crippen molar-refractivity contribution in [1.29, 1.82) is 0 Å². The lowest BCUT2D eigenvalue weighted by atomic mass is 10.1. The zero-order chi connectivity index (χ0) is 14.8. The molecule has 20 heavy (non-hydrogen) atoms. The third-order valence-electron chi connectivity index (χ3n) is 3.01. The summed E-state index contributed by atoms with van der Waals surface area (Å²) in [5, 5.41) is 3.72. The maximum atomic E-state index is 12.3. The van der Waals surface area contributed by atoms with Crippen LogP contribution in [0.1, 0.15) is 32.4 Å². The first-order chi connectivity index (χ1) is 9.37. The molecule has 0 radical (unpaired) electrons. The minimum atomic E-state index is -0.498. The standard InChI is InChI=1S/C14H20ClN3O2/c1-14(2,3)20-13(19)18-7-6-16-9-11(18)10-4-5-17-12(15)8-10/h4-5,8,11,16H,6-7,9H2,1-3H3. The summed E-state index contributed by atoms with van der Waals surface area (Å²) in [6.07, 6.45) is 1.36. The van der Waals surface area contributed by atoms with Crippen LogP contribution < -0.4 is 5.32 Å². The molecular weight excluding hydrogens is 278 g/mol. The summed E-state index contributed by atoms with van der Waals surface area (Å²) in [5.74, 6) is 0. The lowest BCUT2D eigenvalue weighted by Crippen LogP contribution is -2.50. The number of carbonyl (C=O) groups is 1. The quantitative estimate of drug-likeness (QED) is 0.810. The smallest absolute Gasteiger partial charge is 0.410 e. The van der Waals surface area contributed by atoms with Gasteiger partial charge in [-0.1, -0.05) is 11.6 Å². The van der Waals surface area contributed by atoms with Gasteiger partial charge in [-0.3, -0.25) is 4.90 Å². The fraction of sp³-hybridized carbons (Fsp3) is 0.571. The Labute approximate surface area is 124 Å². The van der Waals surface area contributed by atoms with Crippen molar-refractivity contribution in [2.75, 3.05) is 19.6 Å². The molecule has 1 aliphatic rings. The molecule has 5 nitrogen and oxygen atoms in total. The molecule has 6 heteroatoms. The number of aromatic nitrogens is 1. The van der Waals surface area contributed by atoms with E-state index in [1.807, 2.05) is 26.8 Å². The summed E-state index contributed by atoms with van der Waals surface area (Å²) in [6, 6.07) is 3.58. The van der Waals surface area contributed by atoms with Crippen molar-refractivity contribution < 1.29 is 9.53 Å². The van der Waals surface area contributed by atoms with E-state index in [0.29, 0.717) is 18.2 Å². The molecule has 1 aliphatic heterocycles. The van der Waals surface area contributed by atoms with Gasteiger partial charge in [0.25, 0.3) is 0 Å². The molecular formula is C14H20ClN3O2. The first-order valence-corrected chi connectivity index (χ1v) is 7.06. The maximum Gasteiger partial charge on any atom is 0.410 e. The van der Waals surface area contributed by atoms with Gasteiger partial charge >= 0.3 is 6.09 Å². The Balaban J connectivity index is 2.19. The fourth-order valence-corrected chi connectivity index (χ4v) is 2.35. The van der Waals surface area contributed by atoms with Crippen LogP contribution in [0.4, 0.5) is 4.79 Å². The summed E-state index contributed by atoms with van der Waals surface area (Å²) < 4.78 is 5.47. The Morgan fingerprint density at radius 3 is 2.95 bits per heavy atom. The highest BCUT2D eigenvalue weighted by Gasteiger charge is 2.31. The summed E-state index contributed by atoms with van der Waals surface area (Å²) >= 11 is 5.93. The Kier molecular flexibility index (Phi) is 4.50. The molecule has 2 heterocycles. The van der Waals surface area contributed by atoms with Gasteiger partial charge in [0.05, 0.1) is 6.04 Å². The third kappa shape index (κ3) is 3.84. The van der Waals surface area contributed by atoms with E-state index in [4.69, 9.17) is 16.3 Å². The highest BCUT2D eigenvalue weighted by Crippen LogP contribution is 2.25. The van der Waals surface area contributed by atoms with Gasteiger partial charge in [0.15, 0.2) is 0 Å². The molecule has 1 atom stereocenters. The molecule has 0 aliphatic carbocycles. The van der Waals surface area contributed by atoms with Crippen LogP contribution in [0.15, 0.2) is 18.3 Å². The van der Waals surface area contributed by atoms with Crippen molar-refractivity contribution in [3.05, 3.63) is 29.0 Å². The van der Waals surface area contributed by atoms with E-state index < -0.39 is 5.60 Å². The van der Waals surface area contributed by atoms with E-state index >= 15 is 0 Å². The SMILES string of the molecule is CC(C)(C)OC(=O)N1CCNCC1c1ccnc(Cl)c1. The molecule has 1 fully saturated rings. The zero-order valence-corrected chi connectivity index (χ0v) is 12.8. The van der Waals surface area contributed by atoms with Crippen molar-refractivity contribution in [2.45, 2.75) is 32.4 Å². The van der Waals surface area contributed by atoms with Gasteiger partial charge in [0, 0.05) is 25.8 Å². The number of halogens is 1. The highest BCUT2D eigenvalue weighted by atomic mass is 35.5. The Hall–Kier alpha value is -1.33. The molecule has 0 bridgehead atoms. The Morgan fingerprint density at radius 2 is 2.30 bits per heavy atom. The zero-order valence-electron chi connectivity index (χ0n) is 12.0. The number of pyridine rings is 1. The van der Waals surface area contributed by atoms with E-state index in [9.17, 15) is 4.79 Å². The summed E-state index contributed by atoms with van der Waals surface area (Å²) in [4.78, 5) is 18.0. The molecule has 2 rings (SSSR count). The summed E-state index contributed by atoms with van der Waals surface area (Å²) in [7, 11) is 0. The van der Waals surface area contributed by atoms with Crippen LogP contribution in [0.25, 0.3) is 0 Å². The molecule has 0 spiro atoms. The number of rotatable bonds is 1. The van der Waals surface area contributed by atoms with Gasteiger partial charge in [-0.25, -0.2) is 9.78 Å². The number of ether oxygens (including phenoxy) is 1. The van der Waals surface area contributed by atoms with Crippen molar-refractivity contribution >= 4 is 17.7 Å². The predicted octanol–water partition coefficient (Wildman–Crippen LogP) is 2.62. The first kappa shape index (κ1) is 15.1. The van der Waals surface area contributed by atoms with E-state index in [1.54, 1.807) is 17.2 Å². The van der Waals surface area contributed by atoms with Gasteiger partial charge in [0.1, 0.15) is 10.8 Å². The minimum Gasteiger partial charge on any atom is -0.444 e. The van der Waals surface area contributed by atoms with Gasteiger partial charge in [-0.05, 0) is 38.5 Å². The number of hydrogen-bond acceptors (Lipinski definition) is 4. The lowest BCUT2D eigenvalue weighted by molar-refractivity contribution is 0.0118. The van der Waals surface area contributed by atoms with Crippen molar-refractivity contribution in [2.24, 2.45) is 0 Å². The number of hydrogen-bond donors (Lipinski definition) is 1. The molecule has 1 aromatic heterocycles. The molecule has 1 aromatic rings. The second-order valence-corrected chi connectivity index (χ2v) is 6.19. The molecule has 1 unspecified atom stereocenters. The topological polar surface area (TPSA) is 54.5 Å². The number of carbonyl (C=O) groups excluding carboxylic acids is 1. The minimum absolute atomic E-state index is 0.0842. The molecule has 0 aromatic carbocycles. The van der Waals surface area contributed by atoms with Gasteiger partial charge in [0.2, 0.25) is 0 Å². The Bertz CT molecular complexity index is 488. The van der Waals surface area contributed by atoms with Crippen LogP contribution in [0.5, 0.6) is 0 Å². The van der Waals surface area contributed by atoms with E-state index in [0.717, 1.165) is 12.1 Å². The van der Waals surface area contributed by atoms with Gasteiger partial charge < -0.3 is 10.1 Å². The van der Waals surface area contributed by atoms with E-state index in [2.05, 4.69) is 10.3 Å². The second kappa shape index (κ2) is 5.97. The second-order valence-electron chi connectivity index (χ2n) is 5.81. The van der Waals surface area contributed by atoms with Crippen molar-refractivity contribution in [3.63, 3.8) is 0 Å². The van der Waals surface area contributed by atoms with Crippen LogP contribution >= 0.6 is 11.6 Å². The van der Waals surface area contributed by atoms with Crippen LogP contribution in [0.3, 0.4) is 0 Å². The van der Waals surface area contributed by atoms with Crippen LogP contribution in [0, 0.1) is 0 Å². The third-order valence-corrected chi connectivity index (χ3v) is 3.21. The van der Waals surface area contributed by atoms with Gasteiger partial charge in [-0.2, -0.15) is 0 Å². The van der Waals surface area contributed by atoms with E-state index in [-0.39, 0.29) is 12.1 Å². The molecule has 1 saturated heterocycles. The molecule has 1 N–H and O–H groups in total. The normalized spacial score (nSPS) is 19.8. The molecule has 0 saturated carbocycles. The molecule has 1 amide bonds. The van der Waals surface area contributed by atoms with Gasteiger partial charge in [-0.15, -0.1) is 0 Å². The van der Waals surface area contributed by atoms with Crippen LogP contribution in [-0.2, 0) is 4.74 Å².